The van der Waals surface area contributed by atoms with Crippen LogP contribution in [0.4, 0.5) is 0 Å². The maximum absolute atomic E-state index is 13.3. The average Bonchev–Trinajstić information content (AvgIpc) is 3.31. The zero-order valence-corrected chi connectivity index (χ0v) is 21.1. The van der Waals surface area contributed by atoms with Crippen LogP contribution in [0.25, 0.3) is 0 Å². The van der Waals surface area contributed by atoms with Crippen molar-refractivity contribution in [1.82, 2.24) is 9.55 Å². The number of aryl methyl sites for hydroxylation is 1. The number of ether oxygens (including phenoxy) is 4. The molecule has 0 saturated heterocycles. The van der Waals surface area contributed by atoms with Gasteiger partial charge in [0.15, 0.2) is 17.3 Å². The van der Waals surface area contributed by atoms with E-state index in [1.54, 1.807) is 25.4 Å². The number of aromatic nitrogens is 2. The normalized spacial score (nSPS) is 20.0. The van der Waals surface area contributed by atoms with Gasteiger partial charge >= 0.3 is 5.97 Å². The van der Waals surface area contributed by atoms with Gasteiger partial charge in [0, 0.05) is 30.9 Å². The number of carbonyl (C=O) groups is 2. The molecule has 1 atom stereocenters. The maximum atomic E-state index is 13.3. The standard InChI is InChI=1S/C29H30N2O6/c1-31-13-12-30-25(31)17-35-22-8-6-18(14-24(22)34-2)20-15-26(33)36-23-9-7-19-21(32)16-29(10-4-3-5-11-29)37-28(19)27(20)23/h6-9,12-14,20H,3-5,10-11,15-17H2,1-2H3/t20-/m1/s1. The van der Waals surface area contributed by atoms with Gasteiger partial charge in [0.25, 0.3) is 0 Å². The molecule has 1 fully saturated rings. The van der Waals surface area contributed by atoms with Crippen LogP contribution < -0.4 is 18.9 Å². The van der Waals surface area contributed by atoms with E-state index >= 15 is 0 Å². The number of methoxy groups -OCH3 is 1. The van der Waals surface area contributed by atoms with Crippen molar-refractivity contribution in [2.45, 2.75) is 63.1 Å². The number of ketones is 1. The van der Waals surface area contributed by atoms with Crippen molar-refractivity contribution < 1.29 is 28.5 Å². The minimum Gasteiger partial charge on any atom is -0.493 e. The first-order valence-corrected chi connectivity index (χ1v) is 12.8. The van der Waals surface area contributed by atoms with Gasteiger partial charge < -0.3 is 23.5 Å². The van der Waals surface area contributed by atoms with Crippen LogP contribution in [0.5, 0.6) is 23.0 Å². The highest BCUT2D eigenvalue weighted by atomic mass is 16.5. The summed E-state index contributed by atoms with van der Waals surface area (Å²) in [5.74, 6) is 2.39. The van der Waals surface area contributed by atoms with Crippen LogP contribution >= 0.6 is 0 Å². The molecular formula is C29H30N2O6. The zero-order valence-electron chi connectivity index (χ0n) is 21.1. The predicted molar refractivity (Wildman–Crippen MR) is 134 cm³/mol. The first-order valence-electron chi connectivity index (χ1n) is 12.8. The molecule has 192 valence electrons. The molecule has 2 aliphatic heterocycles. The fourth-order valence-electron chi connectivity index (χ4n) is 5.86. The van der Waals surface area contributed by atoms with Gasteiger partial charge in [-0.1, -0.05) is 12.5 Å². The second kappa shape index (κ2) is 9.25. The number of hydrogen-bond donors (Lipinski definition) is 0. The largest absolute Gasteiger partial charge is 0.493 e. The summed E-state index contributed by atoms with van der Waals surface area (Å²) in [6, 6.07) is 9.13. The van der Waals surface area contributed by atoms with Crippen LogP contribution in [0.3, 0.4) is 0 Å². The number of rotatable bonds is 5. The van der Waals surface area contributed by atoms with E-state index in [9.17, 15) is 9.59 Å². The van der Waals surface area contributed by atoms with Crippen LogP contribution in [0.2, 0.25) is 0 Å². The molecule has 1 aliphatic carbocycles. The van der Waals surface area contributed by atoms with E-state index < -0.39 is 5.60 Å². The molecule has 0 bridgehead atoms. The molecule has 37 heavy (non-hydrogen) atoms. The van der Waals surface area contributed by atoms with Crippen LogP contribution in [0, 0.1) is 0 Å². The molecule has 3 heterocycles. The Hall–Kier alpha value is -3.81. The summed E-state index contributed by atoms with van der Waals surface area (Å²) >= 11 is 0. The molecule has 0 amide bonds. The third kappa shape index (κ3) is 4.24. The SMILES string of the molecule is COc1cc([C@H]2CC(=O)Oc3ccc4c(c32)OC2(CCCCC2)CC4=O)ccc1OCc1nccn1C. The van der Waals surface area contributed by atoms with E-state index in [1.165, 1.54) is 0 Å². The van der Waals surface area contributed by atoms with Crippen molar-refractivity contribution in [1.29, 1.82) is 0 Å². The number of imidazole rings is 1. The smallest absolute Gasteiger partial charge is 0.312 e. The van der Waals surface area contributed by atoms with Crippen molar-refractivity contribution in [3.05, 3.63) is 65.2 Å². The van der Waals surface area contributed by atoms with Gasteiger partial charge in [0.05, 0.1) is 25.5 Å². The van der Waals surface area contributed by atoms with Crippen LogP contribution in [-0.2, 0) is 18.4 Å². The van der Waals surface area contributed by atoms with Gasteiger partial charge in [-0.25, -0.2) is 4.98 Å². The molecule has 3 aliphatic rings. The predicted octanol–water partition coefficient (Wildman–Crippen LogP) is 5.12. The number of Topliss-reactive ketones (excluding diaryl/α,β-unsaturated/α-hetero) is 1. The summed E-state index contributed by atoms with van der Waals surface area (Å²) in [5.41, 5.74) is 1.73. The quantitative estimate of drug-likeness (QED) is 0.354. The number of nitrogens with zero attached hydrogens (tertiary/aromatic N) is 2. The summed E-state index contributed by atoms with van der Waals surface area (Å²) in [5, 5.41) is 0. The lowest BCUT2D eigenvalue weighted by Gasteiger charge is -2.42. The van der Waals surface area contributed by atoms with E-state index in [-0.39, 0.29) is 24.1 Å². The summed E-state index contributed by atoms with van der Waals surface area (Å²) < 4.78 is 25.9. The van der Waals surface area contributed by atoms with Gasteiger partial charge in [-0.3, -0.25) is 9.59 Å². The van der Waals surface area contributed by atoms with Gasteiger partial charge in [-0.2, -0.15) is 0 Å². The highest BCUT2D eigenvalue weighted by molar-refractivity contribution is 6.01. The van der Waals surface area contributed by atoms with Crippen molar-refractivity contribution in [3.63, 3.8) is 0 Å². The molecular weight excluding hydrogens is 472 g/mol. The van der Waals surface area contributed by atoms with Crippen molar-refractivity contribution in [2.75, 3.05) is 7.11 Å². The Kier molecular flexibility index (Phi) is 5.89. The van der Waals surface area contributed by atoms with Crippen LogP contribution in [0.15, 0.2) is 42.7 Å². The number of carbonyl (C=O) groups excluding carboxylic acids is 2. The molecule has 6 rings (SSSR count). The molecule has 2 aromatic carbocycles. The van der Waals surface area contributed by atoms with Gasteiger partial charge in [-0.15, -0.1) is 0 Å². The number of fused-ring (bicyclic) bond motifs is 3. The Morgan fingerprint density at radius 1 is 1.11 bits per heavy atom. The second-order valence-corrected chi connectivity index (χ2v) is 10.2. The van der Waals surface area contributed by atoms with E-state index in [4.69, 9.17) is 18.9 Å². The minimum atomic E-state index is -0.468. The Labute approximate surface area is 215 Å². The first-order chi connectivity index (χ1) is 18.0. The molecule has 3 aromatic rings. The molecule has 8 heteroatoms. The van der Waals surface area contributed by atoms with Crippen LogP contribution in [-0.4, -0.2) is 34.0 Å². The fourth-order valence-corrected chi connectivity index (χ4v) is 5.86. The van der Waals surface area contributed by atoms with Crippen molar-refractivity contribution in [2.24, 2.45) is 7.05 Å². The number of esters is 1. The van der Waals surface area contributed by atoms with Gasteiger partial charge in [0.1, 0.15) is 29.5 Å². The summed E-state index contributed by atoms with van der Waals surface area (Å²) in [4.78, 5) is 30.2. The summed E-state index contributed by atoms with van der Waals surface area (Å²) in [7, 11) is 3.50. The first kappa shape index (κ1) is 23.6. The van der Waals surface area contributed by atoms with Crippen molar-refractivity contribution >= 4 is 11.8 Å². The topological polar surface area (TPSA) is 88.9 Å². The molecule has 8 nitrogen and oxygen atoms in total. The highest BCUT2D eigenvalue weighted by Gasteiger charge is 2.44. The van der Waals surface area contributed by atoms with Gasteiger partial charge in [-0.05, 0) is 55.5 Å². The van der Waals surface area contributed by atoms with Gasteiger partial charge in [0.2, 0.25) is 0 Å². The molecule has 1 aromatic heterocycles. The molecule has 0 N–H and O–H groups in total. The molecule has 0 unspecified atom stereocenters. The van der Waals surface area contributed by atoms with Crippen molar-refractivity contribution in [3.8, 4) is 23.0 Å². The zero-order chi connectivity index (χ0) is 25.6. The van der Waals surface area contributed by atoms with E-state index in [0.29, 0.717) is 41.6 Å². The lowest BCUT2D eigenvalue weighted by Crippen LogP contribution is -2.44. The Morgan fingerprint density at radius 2 is 1.95 bits per heavy atom. The van der Waals surface area contributed by atoms with E-state index in [0.717, 1.165) is 49.1 Å². The lowest BCUT2D eigenvalue weighted by molar-refractivity contribution is -0.135. The Morgan fingerprint density at radius 3 is 2.70 bits per heavy atom. The van der Waals surface area contributed by atoms with Crippen LogP contribution in [0.1, 0.15) is 78.2 Å². The van der Waals surface area contributed by atoms with E-state index in [2.05, 4.69) is 4.98 Å². The molecule has 1 spiro atoms. The lowest BCUT2D eigenvalue weighted by atomic mass is 9.76. The number of hydrogen-bond acceptors (Lipinski definition) is 7. The summed E-state index contributed by atoms with van der Waals surface area (Å²) in [6.07, 6.45) is 9.12. The second-order valence-electron chi connectivity index (χ2n) is 10.2. The monoisotopic (exact) mass is 502 g/mol. The Bertz CT molecular complexity index is 1370. The average molecular weight is 503 g/mol. The molecule has 0 radical (unpaired) electrons. The third-order valence-electron chi connectivity index (χ3n) is 7.83. The van der Waals surface area contributed by atoms with E-state index in [1.807, 2.05) is 36.0 Å². The summed E-state index contributed by atoms with van der Waals surface area (Å²) in [6.45, 7) is 0.295. The Balaban J connectivity index is 1.38. The fraction of sp³-hybridized carbons (Fsp3) is 0.414. The minimum absolute atomic E-state index is 0.0946. The third-order valence-corrected chi connectivity index (χ3v) is 7.83. The number of benzene rings is 2. The maximum Gasteiger partial charge on any atom is 0.312 e. The highest BCUT2D eigenvalue weighted by Crippen LogP contribution is 2.51. The molecule has 1 saturated carbocycles.